The van der Waals surface area contributed by atoms with Crippen molar-refractivity contribution >= 4 is 23.0 Å². The van der Waals surface area contributed by atoms with E-state index in [-0.39, 0.29) is 17.1 Å². The van der Waals surface area contributed by atoms with Crippen molar-refractivity contribution in [3.63, 3.8) is 0 Å². The fourth-order valence-electron chi connectivity index (χ4n) is 3.81. The summed E-state index contributed by atoms with van der Waals surface area (Å²) in [5, 5.41) is 0. The van der Waals surface area contributed by atoms with Crippen LogP contribution in [-0.2, 0) is 11.2 Å². The smallest absolute Gasteiger partial charge is 0.410 e. The minimum absolute atomic E-state index is 0.169. The van der Waals surface area contributed by atoms with E-state index in [0.717, 1.165) is 5.69 Å². The van der Waals surface area contributed by atoms with Gasteiger partial charge in [-0.25, -0.2) is 9.78 Å². The van der Waals surface area contributed by atoms with E-state index in [4.69, 9.17) is 13.9 Å². The average Bonchev–Trinajstić information content (AvgIpc) is 3.22. The number of oxazole rings is 1. The number of aromatic amines is 1. The van der Waals surface area contributed by atoms with E-state index in [0.29, 0.717) is 61.3 Å². The van der Waals surface area contributed by atoms with Gasteiger partial charge >= 0.3 is 6.09 Å². The molecule has 1 fully saturated rings. The number of aryl methyl sites for hydroxylation is 1. The highest BCUT2D eigenvalue weighted by Gasteiger charge is 2.29. The number of ether oxygens (including phenoxy) is 2. The van der Waals surface area contributed by atoms with Gasteiger partial charge < -0.3 is 28.7 Å². The maximum Gasteiger partial charge on any atom is 0.410 e. The Hall–Kier alpha value is -3.56. The molecule has 4 rings (SSSR count). The number of pyridine rings is 2. The van der Waals surface area contributed by atoms with Gasteiger partial charge in [-0.2, -0.15) is 4.98 Å². The van der Waals surface area contributed by atoms with Crippen molar-refractivity contribution in [3.05, 3.63) is 34.2 Å². The zero-order chi connectivity index (χ0) is 23.8. The van der Waals surface area contributed by atoms with Crippen molar-refractivity contribution in [3.8, 4) is 17.3 Å². The van der Waals surface area contributed by atoms with Gasteiger partial charge in [-0.1, -0.05) is 6.92 Å². The summed E-state index contributed by atoms with van der Waals surface area (Å²) in [6, 6.07) is 3.45. The van der Waals surface area contributed by atoms with E-state index in [2.05, 4.69) is 15.0 Å². The molecular weight excluding hydrogens is 426 g/mol. The van der Waals surface area contributed by atoms with Crippen molar-refractivity contribution in [1.29, 1.82) is 0 Å². The van der Waals surface area contributed by atoms with E-state index in [9.17, 15) is 9.59 Å². The predicted octanol–water partition coefficient (Wildman–Crippen LogP) is 3.21. The summed E-state index contributed by atoms with van der Waals surface area (Å²) in [5.41, 5.74) is 1.81. The number of methoxy groups -OCH3 is 1. The Morgan fingerprint density at radius 3 is 2.61 bits per heavy atom. The molecule has 0 radical (unpaired) electrons. The Morgan fingerprint density at radius 1 is 1.24 bits per heavy atom. The van der Waals surface area contributed by atoms with E-state index in [1.807, 2.05) is 32.6 Å². The van der Waals surface area contributed by atoms with Crippen LogP contribution in [-0.4, -0.2) is 64.8 Å². The molecule has 0 aliphatic carbocycles. The summed E-state index contributed by atoms with van der Waals surface area (Å²) in [6.07, 6.45) is 1.88. The highest BCUT2D eigenvalue weighted by atomic mass is 16.6. The zero-order valence-corrected chi connectivity index (χ0v) is 19.6. The number of carbonyl (C=O) groups is 1. The molecule has 1 amide bonds. The maximum atomic E-state index is 13.4. The number of nitrogens with one attached hydrogen (secondary N) is 1. The van der Waals surface area contributed by atoms with Crippen LogP contribution in [0.5, 0.6) is 5.88 Å². The number of nitrogens with zero attached hydrogens (tertiary/aromatic N) is 4. The summed E-state index contributed by atoms with van der Waals surface area (Å²) >= 11 is 0. The van der Waals surface area contributed by atoms with Gasteiger partial charge in [0.1, 0.15) is 11.3 Å². The first kappa shape index (κ1) is 22.6. The zero-order valence-electron chi connectivity index (χ0n) is 19.6. The minimum atomic E-state index is -0.547. The predicted molar refractivity (Wildman–Crippen MR) is 124 cm³/mol. The summed E-state index contributed by atoms with van der Waals surface area (Å²) in [7, 11) is 1.53. The summed E-state index contributed by atoms with van der Waals surface area (Å²) in [4.78, 5) is 41.3. The quantitative estimate of drug-likeness (QED) is 0.638. The third kappa shape index (κ3) is 4.64. The monoisotopic (exact) mass is 455 g/mol. The van der Waals surface area contributed by atoms with Gasteiger partial charge in [0.2, 0.25) is 22.8 Å². The van der Waals surface area contributed by atoms with Crippen LogP contribution < -0.4 is 15.1 Å². The molecule has 10 nitrogen and oxygen atoms in total. The molecule has 0 saturated carbocycles. The molecule has 176 valence electrons. The van der Waals surface area contributed by atoms with Crippen LogP contribution in [0.3, 0.4) is 0 Å². The van der Waals surface area contributed by atoms with Crippen molar-refractivity contribution in [2.45, 2.75) is 39.7 Å². The normalized spacial score (nSPS) is 14.6. The molecule has 3 aromatic heterocycles. The molecule has 0 atom stereocenters. The third-order valence-electron chi connectivity index (χ3n) is 5.40. The summed E-state index contributed by atoms with van der Waals surface area (Å²) in [5.74, 6) is 0.742. The van der Waals surface area contributed by atoms with E-state index in [1.165, 1.54) is 7.11 Å². The molecular formula is C23H29N5O5. The lowest BCUT2D eigenvalue weighted by atomic mass is 10.2. The van der Waals surface area contributed by atoms with E-state index < -0.39 is 5.60 Å². The molecule has 3 aromatic rings. The summed E-state index contributed by atoms with van der Waals surface area (Å²) < 4.78 is 16.5. The van der Waals surface area contributed by atoms with Crippen LogP contribution in [0, 0.1) is 0 Å². The first-order valence-electron chi connectivity index (χ1n) is 11.0. The molecule has 0 aromatic carbocycles. The Balaban J connectivity index is 1.62. The van der Waals surface area contributed by atoms with Crippen LogP contribution in [0.2, 0.25) is 0 Å². The second-order valence-electron chi connectivity index (χ2n) is 8.87. The molecule has 1 aliphatic heterocycles. The molecule has 10 heteroatoms. The van der Waals surface area contributed by atoms with E-state index >= 15 is 0 Å². The second kappa shape index (κ2) is 8.76. The lowest BCUT2D eigenvalue weighted by Gasteiger charge is -2.36. The fraction of sp³-hybridized carbons (Fsp3) is 0.478. The minimum Gasteiger partial charge on any atom is -0.481 e. The van der Waals surface area contributed by atoms with Crippen LogP contribution in [0.1, 0.15) is 33.4 Å². The van der Waals surface area contributed by atoms with Crippen molar-refractivity contribution in [2.75, 3.05) is 38.2 Å². The number of amides is 1. The molecule has 33 heavy (non-hydrogen) atoms. The SMILES string of the molecule is CCc1[nH]c2nc(-c3ccnc(OC)c3)oc2c(=O)c1N1CCN(C(=O)OC(C)(C)C)CC1. The highest BCUT2D eigenvalue weighted by Crippen LogP contribution is 2.27. The van der Waals surface area contributed by atoms with Gasteiger partial charge in [0.25, 0.3) is 0 Å². The highest BCUT2D eigenvalue weighted by molar-refractivity contribution is 5.78. The fourth-order valence-corrected chi connectivity index (χ4v) is 3.81. The first-order valence-corrected chi connectivity index (χ1v) is 11.0. The summed E-state index contributed by atoms with van der Waals surface area (Å²) in [6.45, 7) is 9.48. The molecule has 1 N–H and O–H groups in total. The maximum absolute atomic E-state index is 13.4. The van der Waals surface area contributed by atoms with Crippen molar-refractivity contribution in [2.24, 2.45) is 0 Å². The number of carbonyl (C=O) groups excluding carboxylic acids is 1. The average molecular weight is 456 g/mol. The van der Waals surface area contributed by atoms with E-state index in [1.54, 1.807) is 23.2 Å². The number of piperazine rings is 1. The van der Waals surface area contributed by atoms with Gasteiger partial charge in [-0.15, -0.1) is 0 Å². The molecule has 0 unspecified atom stereocenters. The molecule has 1 saturated heterocycles. The van der Waals surface area contributed by atoms with Crippen LogP contribution in [0.25, 0.3) is 22.7 Å². The molecule has 0 bridgehead atoms. The number of H-pyrrole nitrogens is 1. The third-order valence-corrected chi connectivity index (χ3v) is 5.40. The Morgan fingerprint density at radius 2 is 1.97 bits per heavy atom. The van der Waals surface area contributed by atoms with Crippen LogP contribution in [0.15, 0.2) is 27.5 Å². The van der Waals surface area contributed by atoms with Gasteiger partial charge in [0.15, 0.2) is 5.65 Å². The van der Waals surface area contributed by atoms with Crippen LogP contribution >= 0.6 is 0 Å². The number of fused-ring (bicyclic) bond motifs is 1. The Kier molecular flexibility index (Phi) is 6.01. The van der Waals surface area contributed by atoms with Gasteiger partial charge in [0.05, 0.1) is 7.11 Å². The van der Waals surface area contributed by atoms with Gasteiger partial charge in [-0.05, 0) is 33.3 Å². The lowest BCUT2D eigenvalue weighted by Crippen LogP contribution is -2.51. The number of anilines is 1. The van der Waals surface area contributed by atoms with Gasteiger partial charge in [0, 0.05) is 49.7 Å². The number of rotatable bonds is 4. The Labute approximate surface area is 191 Å². The number of hydrogen-bond acceptors (Lipinski definition) is 8. The standard InChI is InChI=1S/C23H29N5O5/c1-6-15-17(27-9-11-28(12-10-27)22(30)33-23(2,3)4)18(29)19-20(25-15)26-21(32-19)14-7-8-24-16(13-14)31-5/h7-8,13H,6,9-12H2,1-5H3,(H,25,29). The largest absolute Gasteiger partial charge is 0.481 e. The Bertz CT molecular complexity index is 1220. The van der Waals surface area contributed by atoms with Crippen molar-refractivity contribution in [1.82, 2.24) is 19.9 Å². The number of hydrogen-bond donors (Lipinski definition) is 1. The lowest BCUT2D eigenvalue weighted by molar-refractivity contribution is 0.0240. The first-order chi connectivity index (χ1) is 15.7. The van der Waals surface area contributed by atoms with Crippen molar-refractivity contribution < 1.29 is 18.7 Å². The van der Waals surface area contributed by atoms with Crippen LogP contribution in [0.4, 0.5) is 10.5 Å². The topological polar surface area (TPSA) is 114 Å². The van der Waals surface area contributed by atoms with Gasteiger partial charge in [-0.3, -0.25) is 4.79 Å². The molecule has 0 spiro atoms. The molecule has 1 aliphatic rings. The second-order valence-corrected chi connectivity index (χ2v) is 8.87. The molecule has 4 heterocycles. The number of aromatic nitrogens is 3.